The standard InChI is InChI=1S/C26H21ClN4O4/c1-16-15-23(32)24(30-31(16)21-11-5-18(27)6-12-21)26(34)29-19-7-3-17(4-8-19)25(33)28-20-9-13-22(35-2)14-10-20/h3-15H,1-2H3,(H,28,33)(H,29,34). The first-order chi connectivity index (χ1) is 16.8. The zero-order chi connectivity index (χ0) is 24.9. The molecule has 8 nitrogen and oxygen atoms in total. The van der Waals surface area contributed by atoms with Gasteiger partial charge in [-0.3, -0.25) is 14.4 Å². The number of aromatic nitrogens is 2. The van der Waals surface area contributed by atoms with Crippen molar-refractivity contribution in [2.24, 2.45) is 0 Å². The van der Waals surface area contributed by atoms with Crippen molar-refractivity contribution in [3.63, 3.8) is 0 Å². The summed E-state index contributed by atoms with van der Waals surface area (Å²) in [6.07, 6.45) is 0. The highest BCUT2D eigenvalue weighted by atomic mass is 35.5. The summed E-state index contributed by atoms with van der Waals surface area (Å²) in [5.74, 6) is -0.279. The molecular formula is C26H21ClN4O4. The zero-order valence-electron chi connectivity index (χ0n) is 18.9. The Labute approximate surface area is 206 Å². The molecule has 0 saturated heterocycles. The lowest BCUT2D eigenvalue weighted by Gasteiger charge is -2.12. The van der Waals surface area contributed by atoms with Crippen LogP contribution in [-0.4, -0.2) is 28.7 Å². The van der Waals surface area contributed by atoms with E-state index in [-0.39, 0.29) is 11.6 Å². The van der Waals surface area contributed by atoms with Gasteiger partial charge in [0.15, 0.2) is 5.69 Å². The molecule has 0 atom stereocenters. The second kappa shape index (κ2) is 10.2. The van der Waals surface area contributed by atoms with Crippen molar-refractivity contribution >= 4 is 34.8 Å². The molecule has 0 aliphatic rings. The van der Waals surface area contributed by atoms with Gasteiger partial charge in [-0.1, -0.05) is 11.6 Å². The molecule has 0 aliphatic carbocycles. The maximum absolute atomic E-state index is 12.8. The van der Waals surface area contributed by atoms with Gasteiger partial charge in [-0.2, -0.15) is 5.10 Å². The van der Waals surface area contributed by atoms with Gasteiger partial charge >= 0.3 is 0 Å². The first kappa shape index (κ1) is 23.7. The molecule has 0 radical (unpaired) electrons. The number of nitrogens with zero attached hydrogens (tertiary/aromatic N) is 2. The monoisotopic (exact) mass is 488 g/mol. The summed E-state index contributed by atoms with van der Waals surface area (Å²) in [4.78, 5) is 37.7. The Bertz CT molecular complexity index is 1430. The van der Waals surface area contributed by atoms with Crippen LogP contribution < -0.4 is 20.8 Å². The quantitative estimate of drug-likeness (QED) is 0.409. The number of methoxy groups -OCH3 is 1. The lowest BCUT2D eigenvalue weighted by Crippen LogP contribution is -2.26. The van der Waals surface area contributed by atoms with Crippen LogP contribution in [0.4, 0.5) is 11.4 Å². The van der Waals surface area contributed by atoms with Crippen LogP contribution in [0.3, 0.4) is 0 Å². The molecule has 2 amide bonds. The predicted molar refractivity (Wildman–Crippen MR) is 135 cm³/mol. The molecule has 176 valence electrons. The summed E-state index contributed by atoms with van der Waals surface area (Å²) in [7, 11) is 1.57. The Hall–Kier alpha value is -4.43. The molecule has 35 heavy (non-hydrogen) atoms. The molecule has 0 aliphatic heterocycles. The van der Waals surface area contributed by atoms with Crippen molar-refractivity contribution in [3.8, 4) is 11.4 Å². The van der Waals surface area contributed by atoms with Crippen molar-refractivity contribution in [2.75, 3.05) is 17.7 Å². The molecule has 0 unspecified atom stereocenters. The number of aryl methyl sites for hydroxylation is 1. The molecule has 0 saturated carbocycles. The predicted octanol–water partition coefficient (Wildman–Crippen LogP) is 4.71. The van der Waals surface area contributed by atoms with Gasteiger partial charge in [-0.25, -0.2) is 4.68 Å². The molecule has 3 aromatic carbocycles. The number of anilines is 2. The number of carbonyl (C=O) groups is 2. The van der Waals surface area contributed by atoms with E-state index in [0.29, 0.717) is 39.1 Å². The van der Waals surface area contributed by atoms with Crippen molar-refractivity contribution in [3.05, 3.63) is 111 Å². The van der Waals surface area contributed by atoms with Crippen LogP contribution in [0.25, 0.3) is 5.69 Å². The summed E-state index contributed by atoms with van der Waals surface area (Å²) < 4.78 is 6.60. The molecule has 4 aromatic rings. The maximum atomic E-state index is 12.8. The summed E-state index contributed by atoms with van der Waals surface area (Å²) in [5.41, 5.74) is 1.91. The molecule has 2 N–H and O–H groups in total. The number of hydrogen-bond acceptors (Lipinski definition) is 5. The minimum absolute atomic E-state index is 0.258. The van der Waals surface area contributed by atoms with E-state index in [1.54, 1.807) is 86.8 Å². The lowest BCUT2D eigenvalue weighted by atomic mass is 10.2. The summed E-state index contributed by atoms with van der Waals surface area (Å²) in [6, 6.07) is 21.5. The van der Waals surface area contributed by atoms with Gasteiger partial charge in [0.2, 0.25) is 5.43 Å². The van der Waals surface area contributed by atoms with Crippen molar-refractivity contribution in [2.45, 2.75) is 6.92 Å². The Balaban J connectivity index is 1.48. The van der Waals surface area contributed by atoms with Gasteiger partial charge in [0.1, 0.15) is 5.75 Å². The highest BCUT2D eigenvalue weighted by molar-refractivity contribution is 6.30. The van der Waals surface area contributed by atoms with E-state index in [2.05, 4.69) is 15.7 Å². The van der Waals surface area contributed by atoms with Crippen LogP contribution >= 0.6 is 11.6 Å². The van der Waals surface area contributed by atoms with Crippen molar-refractivity contribution in [1.82, 2.24) is 9.78 Å². The largest absolute Gasteiger partial charge is 0.497 e. The Kier molecular flexibility index (Phi) is 6.93. The number of carbonyl (C=O) groups excluding carboxylic acids is 2. The summed E-state index contributed by atoms with van der Waals surface area (Å²) >= 11 is 5.94. The van der Waals surface area contributed by atoms with E-state index in [1.807, 2.05) is 0 Å². The van der Waals surface area contributed by atoms with E-state index in [1.165, 1.54) is 10.7 Å². The van der Waals surface area contributed by atoms with Crippen molar-refractivity contribution < 1.29 is 14.3 Å². The van der Waals surface area contributed by atoms with Crippen LogP contribution in [0.1, 0.15) is 26.5 Å². The second-order valence-electron chi connectivity index (χ2n) is 7.60. The molecule has 0 bridgehead atoms. The van der Waals surface area contributed by atoms with Crippen LogP contribution in [0, 0.1) is 6.92 Å². The zero-order valence-corrected chi connectivity index (χ0v) is 19.7. The first-order valence-corrected chi connectivity index (χ1v) is 11.0. The molecule has 1 heterocycles. The van der Waals surface area contributed by atoms with Gasteiger partial charge in [0.25, 0.3) is 11.8 Å². The molecular weight excluding hydrogens is 468 g/mol. The highest BCUT2D eigenvalue weighted by Gasteiger charge is 2.16. The van der Waals surface area contributed by atoms with Crippen LogP contribution in [0.5, 0.6) is 5.75 Å². The van der Waals surface area contributed by atoms with Crippen LogP contribution in [-0.2, 0) is 0 Å². The minimum atomic E-state index is -0.659. The number of hydrogen-bond donors (Lipinski definition) is 2. The molecule has 1 aromatic heterocycles. The van der Waals surface area contributed by atoms with Gasteiger partial charge < -0.3 is 15.4 Å². The Morgan fingerprint density at radius 3 is 2.03 bits per heavy atom. The molecule has 0 fully saturated rings. The number of halogens is 1. The van der Waals surface area contributed by atoms with E-state index >= 15 is 0 Å². The average Bonchev–Trinajstić information content (AvgIpc) is 2.85. The second-order valence-corrected chi connectivity index (χ2v) is 8.04. The number of rotatable bonds is 6. The van der Waals surface area contributed by atoms with Gasteiger partial charge in [-0.05, 0) is 79.7 Å². The van der Waals surface area contributed by atoms with Crippen molar-refractivity contribution in [1.29, 1.82) is 0 Å². The third kappa shape index (κ3) is 5.56. The maximum Gasteiger partial charge on any atom is 0.280 e. The van der Waals surface area contributed by atoms with Gasteiger partial charge in [-0.15, -0.1) is 0 Å². The van der Waals surface area contributed by atoms with Crippen LogP contribution in [0.2, 0.25) is 5.02 Å². The Morgan fingerprint density at radius 1 is 0.857 bits per heavy atom. The normalized spacial score (nSPS) is 10.5. The number of nitrogens with one attached hydrogen (secondary N) is 2. The van der Waals surface area contributed by atoms with E-state index in [4.69, 9.17) is 16.3 Å². The SMILES string of the molecule is COc1ccc(NC(=O)c2ccc(NC(=O)c3nn(-c4ccc(Cl)cc4)c(C)cc3=O)cc2)cc1. The van der Waals surface area contributed by atoms with E-state index in [0.717, 1.165) is 0 Å². The molecule has 9 heteroatoms. The fraction of sp³-hybridized carbons (Fsp3) is 0.0769. The number of benzene rings is 3. The number of ether oxygens (including phenoxy) is 1. The van der Waals surface area contributed by atoms with E-state index in [9.17, 15) is 14.4 Å². The fourth-order valence-electron chi connectivity index (χ4n) is 3.32. The third-order valence-electron chi connectivity index (χ3n) is 5.15. The summed E-state index contributed by atoms with van der Waals surface area (Å²) in [5, 5.41) is 10.3. The number of amides is 2. The smallest absolute Gasteiger partial charge is 0.280 e. The molecule has 0 spiro atoms. The van der Waals surface area contributed by atoms with E-state index < -0.39 is 11.3 Å². The third-order valence-corrected chi connectivity index (χ3v) is 5.40. The van der Waals surface area contributed by atoms with Gasteiger partial charge in [0.05, 0.1) is 12.8 Å². The van der Waals surface area contributed by atoms with Crippen LogP contribution in [0.15, 0.2) is 83.7 Å². The highest BCUT2D eigenvalue weighted by Crippen LogP contribution is 2.17. The lowest BCUT2D eigenvalue weighted by molar-refractivity contribution is 0.101. The Morgan fingerprint density at radius 2 is 1.43 bits per heavy atom. The average molecular weight is 489 g/mol. The minimum Gasteiger partial charge on any atom is -0.497 e. The topological polar surface area (TPSA) is 102 Å². The first-order valence-electron chi connectivity index (χ1n) is 10.6. The fourth-order valence-corrected chi connectivity index (χ4v) is 3.45. The van der Waals surface area contributed by atoms with Gasteiger partial charge in [0, 0.05) is 33.7 Å². The molecule has 4 rings (SSSR count). The summed E-state index contributed by atoms with van der Waals surface area (Å²) in [6.45, 7) is 1.72.